The third kappa shape index (κ3) is 4.03. The van der Waals surface area contributed by atoms with Gasteiger partial charge in [0, 0.05) is 5.56 Å². The van der Waals surface area contributed by atoms with Crippen LogP contribution in [0.15, 0.2) is 81.7 Å². The van der Waals surface area contributed by atoms with Gasteiger partial charge in [-0.2, -0.15) is 0 Å². The fraction of sp³-hybridized carbons (Fsp3) is 0.179. The van der Waals surface area contributed by atoms with Gasteiger partial charge >= 0.3 is 5.97 Å². The van der Waals surface area contributed by atoms with Crippen molar-refractivity contribution in [3.63, 3.8) is 0 Å². The molecule has 0 N–H and O–H groups in total. The number of hydrogen-bond acceptors (Lipinski definition) is 6. The fourth-order valence-corrected chi connectivity index (χ4v) is 5.51. The summed E-state index contributed by atoms with van der Waals surface area (Å²) in [4.78, 5) is 31.8. The number of esters is 1. The van der Waals surface area contributed by atoms with Crippen LogP contribution >= 0.6 is 11.3 Å². The van der Waals surface area contributed by atoms with Crippen LogP contribution in [0.2, 0.25) is 0 Å². The lowest BCUT2D eigenvalue weighted by Gasteiger charge is -2.24. The average Bonchev–Trinajstić information content (AvgIpc) is 3.18. The summed E-state index contributed by atoms with van der Waals surface area (Å²) in [7, 11) is 1.59. The van der Waals surface area contributed by atoms with E-state index in [2.05, 4.69) is 4.99 Å². The van der Waals surface area contributed by atoms with Gasteiger partial charge in [-0.1, -0.05) is 53.8 Å². The van der Waals surface area contributed by atoms with Crippen molar-refractivity contribution in [2.24, 2.45) is 4.99 Å². The quantitative estimate of drug-likeness (QED) is 0.386. The monoisotopic (exact) mass is 502 g/mol. The number of nitrogens with zero attached hydrogens (tertiary/aromatic N) is 2. The van der Waals surface area contributed by atoms with Crippen LogP contribution < -0.4 is 19.6 Å². The predicted octanol–water partition coefficient (Wildman–Crippen LogP) is 4.10. The number of allylic oxidation sites excluding steroid dienone is 1. The fourth-order valence-electron chi connectivity index (χ4n) is 4.49. The van der Waals surface area contributed by atoms with Gasteiger partial charge in [0.15, 0.2) is 4.80 Å². The second-order valence-electron chi connectivity index (χ2n) is 8.26. The van der Waals surface area contributed by atoms with Crippen molar-refractivity contribution in [1.82, 2.24) is 4.57 Å². The Bertz CT molecular complexity index is 1700. The van der Waals surface area contributed by atoms with Crippen molar-refractivity contribution in [3.8, 4) is 5.75 Å². The highest BCUT2D eigenvalue weighted by molar-refractivity contribution is 7.07. The van der Waals surface area contributed by atoms with Crippen molar-refractivity contribution in [2.45, 2.75) is 19.9 Å². The number of rotatable bonds is 5. The van der Waals surface area contributed by atoms with Gasteiger partial charge in [0.2, 0.25) is 0 Å². The first kappa shape index (κ1) is 23.7. The number of carbonyl (C=O) groups excluding carboxylic acids is 1. The Morgan fingerprint density at radius 1 is 1.14 bits per heavy atom. The molecular weight excluding hydrogens is 479 g/mol. The second-order valence-corrected chi connectivity index (χ2v) is 9.27. The van der Waals surface area contributed by atoms with E-state index >= 15 is 0 Å². The molecule has 0 fully saturated rings. The van der Waals surface area contributed by atoms with E-state index in [1.165, 1.54) is 28.0 Å². The lowest BCUT2D eigenvalue weighted by atomic mass is 9.96. The molecule has 5 rings (SSSR count). The Labute approximate surface area is 210 Å². The van der Waals surface area contributed by atoms with Gasteiger partial charge in [-0.25, -0.2) is 14.2 Å². The van der Waals surface area contributed by atoms with Crippen LogP contribution in [0.25, 0.3) is 16.8 Å². The molecule has 0 bridgehead atoms. The van der Waals surface area contributed by atoms with Crippen LogP contribution in [-0.4, -0.2) is 24.3 Å². The van der Waals surface area contributed by atoms with Gasteiger partial charge < -0.3 is 9.47 Å². The summed E-state index contributed by atoms with van der Waals surface area (Å²) in [5.41, 5.74) is 1.77. The Balaban J connectivity index is 1.78. The first-order valence-corrected chi connectivity index (χ1v) is 12.3. The SMILES string of the molecule is CCOC(=O)C1=C(C)N=c2s/c(=C/c3c(OC)ccc4ccccc34)c(=O)n2[C@@H]1c1ccc(F)cc1. The van der Waals surface area contributed by atoms with Gasteiger partial charge in [-0.3, -0.25) is 9.36 Å². The summed E-state index contributed by atoms with van der Waals surface area (Å²) in [6.45, 7) is 3.61. The Morgan fingerprint density at radius 3 is 2.61 bits per heavy atom. The molecule has 0 unspecified atom stereocenters. The Kier molecular flexibility index (Phi) is 6.28. The van der Waals surface area contributed by atoms with Crippen molar-refractivity contribution >= 4 is 34.2 Å². The molecule has 0 aliphatic carbocycles. The van der Waals surface area contributed by atoms with E-state index in [4.69, 9.17) is 9.47 Å². The molecule has 182 valence electrons. The van der Waals surface area contributed by atoms with E-state index in [0.717, 1.165) is 16.3 Å². The number of hydrogen-bond donors (Lipinski definition) is 0. The third-order valence-electron chi connectivity index (χ3n) is 6.13. The molecule has 1 aromatic heterocycles. The van der Waals surface area contributed by atoms with E-state index in [1.807, 2.05) is 36.4 Å². The van der Waals surface area contributed by atoms with Crippen LogP contribution in [0.1, 0.15) is 31.0 Å². The number of thiazole rings is 1. The van der Waals surface area contributed by atoms with E-state index in [-0.39, 0.29) is 17.7 Å². The van der Waals surface area contributed by atoms with Crippen LogP contribution in [0.4, 0.5) is 4.39 Å². The zero-order valence-electron chi connectivity index (χ0n) is 19.9. The van der Waals surface area contributed by atoms with Gasteiger partial charge in [0.1, 0.15) is 11.6 Å². The Hall–Kier alpha value is -4.04. The van der Waals surface area contributed by atoms with Crippen molar-refractivity contribution in [1.29, 1.82) is 0 Å². The molecule has 4 aromatic rings. The topological polar surface area (TPSA) is 69.9 Å². The minimum absolute atomic E-state index is 0.178. The number of halogens is 1. The maximum absolute atomic E-state index is 13.8. The number of benzene rings is 3. The highest BCUT2D eigenvalue weighted by atomic mass is 32.1. The van der Waals surface area contributed by atoms with Crippen LogP contribution in [0.5, 0.6) is 5.75 Å². The maximum atomic E-state index is 13.8. The molecular formula is C28H23FN2O4S. The van der Waals surface area contributed by atoms with E-state index < -0.39 is 17.8 Å². The molecule has 1 atom stereocenters. The zero-order chi connectivity index (χ0) is 25.4. The molecule has 0 amide bonds. The molecule has 0 radical (unpaired) electrons. The molecule has 0 saturated carbocycles. The lowest BCUT2D eigenvalue weighted by molar-refractivity contribution is -0.139. The zero-order valence-corrected chi connectivity index (χ0v) is 20.8. The van der Waals surface area contributed by atoms with E-state index in [0.29, 0.717) is 26.3 Å². The molecule has 8 heteroatoms. The van der Waals surface area contributed by atoms with Crippen molar-refractivity contribution < 1.29 is 18.7 Å². The number of methoxy groups -OCH3 is 1. The first-order valence-electron chi connectivity index (χ1n) is 11.4. The number of ether oxygens (including phenoxy) is 2. The van der Waals surface area contributed by atoms with Crippen molar-refractivity contribution in [2.75, 3.05) is 13.7 Å². The van der Waals surface area contributed by atoms with Crippen LogP contribution in [-0.2, 0) is 9.53 Å². The Morgan fingerprint density at radius 2 is 1.89 bits per heavy atom. The summed E-state index contributed by atoms with van der Waals surface area (Å²) < 4.78 is 26.5. The van der Waals surface area contributed by atoms with E-state index in [9.17, 15) is 14.0 Å². The average molecular weight is 503 g/mol. The largest absolute Gasteiger partial charge is 0.496 e. The molecule has 0 saturated heterocycles. The van der Waals surface area contributed by atoms with E-state index in [1.54, 1.807) is 39.2 Å². The molecule has 1 aliphatic heterocycles. The smallest absolute Gasteiger partial charge is 0.338 e. The molecule has 3 aromatic carbocycles. The van der Waals surface area contributed by atoms with Gasteiger partial charge in [-0.15, -0.1) is 0 Å². The minimum Gasteiger partial charge on any atom is -0.496 e. The second kappa shape index (κ2) is 9.54. The van der Waals surface area contributed by atoms with Crippen LogP contribution in [0.3, 0.4) is 0 Å². The summed E-state index contributed by atoms with van der Waals surface area (Å²) in [6.07, 6.45) is 1.80. The summed E-state index contributed by atoms with van der Waals surface area (Å²) in [6, 6.07) is 16.7. The number of fused-ring (bicyclic) bond motifs is 2. The number of carbonyl (C=O) groups is 1. The predicted molar refractivity (Wildman–Crippen MR) is 137 cm³/mol. The molecule has 0 spiro atoms. The minimum atomic E-state index is -0.794. The van der Waals surface area contributed by atoms with Crippen LogP contribution in [0, 0.1) is 5.82 Å². The molecule has 1 aliphatic rings. The highest BCUT2D eigenvalue weighted by Gasteiger charge is 2.33. The van der Waals surface area contributed by atoms with Gasteiger partial charge in [0.25, 0.3) is 5.56 Å². The van der Waals surface area contributed by atoms with Gasteiger partial charge in [-0.05, 0) is 54.5 Å². The molecule has 36 heavy (non-hydrogen) atoms. The molecule has 2 heterocycles. The summed E-state index contributed by atoms with van der Waals surface area (Å²) in [5, 5.41) is 1.96. The maximum Gasteiger partial charge on any atom is 0.338 e. The van der Waals surface area contributed by atoms with Gasteiger partial charge in [0.05, 0.1) is 35.6 Å². The number of aromatic nitrogens is 1. The standard InChI is InChI=1S/C28H23FN2O4S/c1-4-35-27(33)24-16(2)30-28-31(25(24)18-9-12-19(29)13-10-18)26(32)23(36-28)15-21-20-8-6-5-7-17(20)11-14-22(21)34-3/h5-15,25H,4H2,1-3H3/b23-15+/t25-/m1/s1. The van der Waals surface area contributed by atoms with Crippen molar-refractivity contribution in [3.05, 3.63) is 109 Å². The first-order chi connectivity index (χ1) is 17.4. The third-order valence-corrected chi connectivity index (χ3v) is 7.11. The summed E-state index contributed by atoms with van der Waals surface area (Å²) >= 11 is 1.23. The summed E-state index contributed by atoms with van der Waals surface area (Å²) in [5.74, 6) is -0.330. The molecule has 6 nitrogen and oxygen atoms in total. The normalized spacial score (nSPS) is 15.6. The lowest BCUT2D eigenvalue weighted by Crippen LogP contribution is -2.39. The highest BCUT2D eigenvalue weighted by Crippen LogP contribution is 2.31.